The van der Waals surface area contributed by atoms with E-state index in [4.69, 9.17) is 9.47 Å². The van der Waals surface area contributed by atoms with Gasteiger partial charge in [0.25, 0.3) is 5.91 Å². The zero-order chi connectivity index (χ0) is 13.3. The smallest absolute Gasteiger partial charge is 1.00 e. The van der Waals surface area contributed by atoms with E-state index in [1.807, 2.05) is 4.72 Å². The number of anilines is 1. The molecule has 0 bridgehead atoms. The fraction of sp³-hybridized carbons (Fsp3) is 0.300. The van der Waals surface area contributed by atoms with Crippen LogP contribution in [-0.4, -0.2) is 35.1 Å². The Morgan fingerprint density at radius 2 is 2.00 bits per heavy atom. The summed E-state index contributed by atoms with van der Waals surface area (Å²) in [5.41, 5.74) is 0.289. The molecular formula is C10H13KN2O5S. The van der Waals surface area contributed by atoms with Crippen molar-refractivity contribution in [2.75, 3.05) is 25.1 Å². The summed E-state index contributed by atoms with van der Waals surface area (Å²) in [6, 6.07) is 4.67. The van der Waals surface area contributed by atoms with E-state index in [2.05, 4.69) is 0 Å². The van der Waals surface area contributed by atoms with Crippen LogP contribution in [0.15, 0.2) is 18.2 Å². The number of amides is 1. The Bertz CT molecular complexity index is 595. The topological polar surface area (TPSA) is 84.9 Å². The zero-order valence-electron chi connectivity index (χ0n) is 11.8. The molecule has 1 amide bonds. The molecule has 1 saturated heterocycles. The average molecular weight is 312 g/mol. The molecule has 1 N–H and O–H groups in total. The number of benzene rings is 1. The molecule has 0 aromatic heterocycles. The van der Waals surface area contributed by atoms with Gasteiger partial charge in [-0.1, -0.05) is 0 Å². The van der Waals surface area contributed by atoms with E-state index in [1.165, 1.54) is 20.3 Å². The molecule has 7 nitrogen and oxygen atoms in total. The number of rotatable bonds is 3. The minimum atomic E-state index is -3.83. The Kier molecular flexibility index (Phi) is 5.65. The maximum atomic E-state index is 11.7. The van der Waals surface area contributed by atoms with Crippen molar-refractivity contribution in [1.29, 1.82) is 0 Å². The van der Waals surface area contributed by atoms with Gasteiger partial charge in [-0.05, 0) is 12.1 Å². The maximum Gasteiger partial charge on any atom is 1.00 e. The standard InChI is InChI=1S/C10H12N2O5S.K.H/c1-16-7-3-4-8(9(5-7)17-2)12-6-10(13)11-18(12,14)15;;/h3-5H,6H2,1-2H3,(H,11,13);;/q;+1;-1. The Hall–Kier alpha value is -0.324. The van der Waals surface area contributed by atoms with Crippen molar-refractivity contribution in [3.8, 4) is 11.5 Å². The van der Waals surface area contributed by atoms with Crippen molar-refractivity contribution in [2.24, 2.45) is 0 Å². The molecular weight excluding hydrogens is 299 g/mol. The first kappa shape index (κ1) is 16.7. The summed E-state index contributed by atoms with van der Waals surface area (Å²) in [6.45, 7) is -0.259. The van der Waals surface area contributed by atoms with Crippen LogP contribution in [-0.2, 0) is 15.0 Å². The Labute approximate surface area is 155 Å². The van der Waals surface area contributed by atoms with Gasteiger partial charge in [0, 0.05) is 6.07 Å². The molecule has 1 aromatic carbocycles. The minimum Gasteiger partial charge on any atom is -1.00 e. The number of carbonyl (C=O) groups is 1. The molecule has 1 fully saturated rings. The predicted molar refractivity (Wildman–Crippen MR) is 65.1 cm³/mol. The van der Waals surface area contributed by atoms with Crippen LogP contribution in [0.4, 0.5) is 5.69 Å². The van der Waals surface area contributed by atoms with Crippen molar-refractivity contribution in [3.05, 3.63) is 18.2 Å². The van der Waals surface area contributed by atoms with Crippen LogP contribution in [0.1, 0.15) is 1.43 Å². The molecule has 2 rings (SSSR count). The molecule has 19 heavy (non-hydrogen) atoms. The number of hydrogen-bond acceptors (Lipinski definition) is 5. The second-order valence-corrected chi connectivity index (χ2v) is 5.17. The van der Waals surface area contributed by atoms with Crippen molar-refractivity contribution in [1.82, 2.24) is 4.72 Å². The van der Waals surface area contributed by atoms with Gasteiger partial charge in [0.1, 0.15) is 18.0 Å². The third-order valence-corrected chi connectivity index (χ3v) is 3.87. The second kappa shape index (κ2) is 6.42. The molecule has 1 aliphatic rings. The van der Waals surface area contributed by atoms with Crippen molar-refractivity contribution in [3.63, 3.8) is 0 Å². The van der Waals surface area contributed by atoms with Gasteiger partial charge in [-0.15, -0.1) is 0 Å². The fourth-order valence-electron chi connectivity index (χ4n) is 1.65. The molecule has 100 valence electrons. The summed E-state index contributed by atoms with van der Waals surface area (Å²) in [6.07, 6.45) is 0. The molecule has 0 aliphatic carbocycles. The fourth-order valence-corrected chi connectivity index (χ4v) is 2.81. The van der Waals surface area contributed by atoms with E-state index in [0.29, 0.717) is 11.5 Å². The summed E-state index contributed by atoms with van der Waals surface area (Å²) in [5, 5.41) is 0. The van der Waals surface area contributed by atoms with E-state index in [0.717, 1.165) is 4.31 Å². The number of hydrogen-bond donors (Lipinski definition) is 1. The number of carbonyl (C=O) groups excluding carboxylic acids is 1. The first-order chi connectivity index (χ1) is 8.47. The molecule has 0 unspecified atom stereocenters. The average Bonchev–Trinajstić information content (AvgIpc) is 2.61. The van der Waals surface area contributed by atoms with Crippen LogP contribution in [0.5, 0.6) is 11.5 Å². The SMILES string of the molecule is COc1ccc(N2CC(=O)NS2(=O)=O)c(OC)c1.[H-].[K+]. The van der Waals surface area contributed by atoms with Crippen molar-refractivity contribution in [2.45, 2.75) is 0 Å². The van der Waals surface area contributed by atoms with Crippen LogP contribution in [0.2, 0.25) is 0 Å². The normalized spacial score (nSPS) is 16.5. The molecule has 1 aliphatic heterocycles. The summed E-state index contributed by atoms with van der Waals surface area (Å²) < 4.78 is 36.4. The molecule has 0 saturated carbocycles. The summed E-state index contributed by atoms with van der Waals surface area (Å²) in [7, 11) is -0.923. The van der Waals surface area contributed by atoms with Crippen LogP contribution in [0.25, 0.3) is 0 Å². The van der Waals surface area contributed by atoms with Crippen LogP contribution >= 0.6 is 0 Å². The third-order valence-electron chi connectivity index (χ3n) is 2.48. The van der Waals surface area contributed by atoms with Gasteiger partial charge >= 0.3 is 61.6 Å². The molecule has 0 spiro atoms. The molecule has 0 radical (unpaired) electrons. The van der Waals surface area contributed by atoms with E-state index in [9.17, 15) is 13.2 Å². The van der Waals surface area contributed by atoms with Gasteiger partial charge in [0.2, 0.25) is 0 Å². The van der Waals surface area contributed by atoms with E-state index >= 15 is 0 Å². The van der Waals surface area contributed by atoms with Crippen molar-refractivity contribution < 1.29 is 75.5 Å². The first-order valence-corrected chi connectivity index (χ1v) is 6.47. The molecule has 1 aromatic rings. The number of methoxy groups -OCH3 is 2. The summed E-state index contributed by atoms with van der Waals surface area (Å²) >= 11 is 0. The van der Waals surface area contributed by atoms with Gasteiger partial charge in [-0.2, -0.15) is 8.42 Å². The predicted octanol–water partition coefficient (Wildman–Crippen LogP) is -3.00. The molecule has 1 heterocycles. The Morgan fingerprint density at radius 1 is 1.32 bits per heavy atom. The Morgan fingerprint density at radius 3 is 2.47 bits per heavy atom. The summed E-state index contributed by atoms with van der Waals surface area (Å²) in [4.78, 5) is 11.2. The second-order valence-electron chi connectivity index (χ2n) is 3.57. The molecule has 0 atom stereocenters. The zero-order valence-corrected chi connectivity index (χ0v) is 14.8. The van der Waals surface area contributed by atoms with Gasteiger partial charge in [-0.3, -0.25) is 4.79 Å². The van der Waals surface area contributed by atoms with Crippen LogP contribution in [0.3, 0.4) is 0 Å². The Balaban J connectivity index is 0.00000180. The van der Waals surface area contributed by atoms with E-state index < -0.39 is 16.1 Å². The van der Waals surface area contributed by atoms with Gasteiger partial charge in [-0.25, -0.2) is 9.03 Å². The number of nitrogens with one attached hydrogen (secondary N) is 1. The quantitative estimate of drug-likeness (QED) is 0.602. The van der Waals surface area contributed by atoms with Crippen LogP contribution in [0, 0.1) is 0 Å². The maximum absolute atomic E-state index is 11.7. The number of nitrogens with zero attached hydrogens (tertiary/aromatic N) is 1. The van der Waals surface area contributed by atoms with E-state index in [-0.39, 0.29) is 65.0 Å². The first-order valence-electron chi connectivity index (χ1n) is 5.03. The largest absolute Gasteiger partial charge is 1.00 e. The van der Waals surface area contributed by atoms with Crippen LogP contribution < -0.4 is 69.9 Å². The van der Waals surface area contributed by atoms with E-state index in [1.54, 1.807) is 12.1 Å². The summed E-state index contributed by atoms with van der Waals surface area (Å²) in [5.74, 6) is 0.272. The van der Waals surface area contributed by atoms with Gasteiger partial charge in [0.05, 0.1) is 19.9 Å². The monoisotopic (exact) mass is 312 g/mol. The molecule has 9 heteroatoms. The minimum absolute atomic E-state index is 0. The third kappa shape index (κ3) is 3.41. The number of ether oxygens (including phenoxy) is 2. The van der Waals surface area contributed by atoms with Gasteiger partial charge < -0.3 is 10.9 Å². The van der Waals surface area contributed by atoms with Gasteiger partial charge in [0.15, 0.2) is 0 Å². The van der Waals surface area contributed by atoms with Crippen molar-refractivity contribution >= 4 is 21.8 Å².